The standard InChI is InChI=1S/C4H3P2/c1-2-5-4-6-3-1/h1-3H. The van der Waals surface area contributed by atoms with Gasteiger partial charge in [0.1, 0.15) is 0 Å². The molecular weight excluding hydrogens is 110 g/mol. The van der Waals surface area contributed by atoms with Crippen LogP contribution in [0.5, 0.6) is 0 Å². The van der Waals surface area contributed by atoms with Crippen LogP contribution in [-0.4, -0.2) is 0 Å². The first-order chi connectivity index (χ1) is 3.00. The van der Waals surface area contributed by atoms with Gasteiger partial charge in [0, 0.05) is 5.53 Å². The Morgan fingerprint density at radius 3 is 2.00 bits per heavy atom. The molecule has 0 aliphatic rings. The third kappa shape index (κ3) is 1.05. The van der Waals surface area contributed by atoms with E-state index in [4.69, 9.17) is 0 Å². The second kappa shape index (κ2) is 2.29. The van der Waals surface area contributed by atoms with E-state index in [0.29, 0.717) is 0 Å². The summed E-state index contributed by atoms with van der Waals surface area (Å²) in [6.07, 6.45) is 0. The van der Waals surface area contributed by atoms with Crippen molar-refractivity contribution in [3.63, 3.8) is 0 Å². The van der Waals surface area contributed by atoms with Gasteiger partial charge in [-0.1, -0.05) is 22.5 Å². The molecule has 0 saturated carbocycles. The molecule has 6 heavy (non-hydrogen) atoms. The minimum Gasteiger partial charge on any atom is -0.0620 e. The molecule has 0 fully saturated rings. The highest BCUT2D eigenvalue weighted by Crippen LogP contribution is 2.08. The summed E-state index contributed by atoms with van der Waals surface area (Å²) in [4.78, 5) is 0. The molecule has 0 aromatic carbocycles. The Morgan fingerprint density at radius 1 is 1.17 bits per heavy atom. The molecule has 1 radical (unpaired) electrons. The van der Waals surface area contributed by atoms with Crippen LogP contribution in [0.1, 0.15) is 0 Å². The predicted octanol–water partition coefficient (Wildman–Crippen LogP) is 2.65. The van der Waals surface area contributed by atoms with Gasteiger partial charge in [-0.15, -0.1) is 0 Å². The van der Waals surface area contributed by atoms with Crippen LogP contribution in [0.4, 0.5) is 0 Å². The first-order valence-electron chi connectivity index (χ1n) is 1.63. The van der Waals surface area contributed by atoms with Crippen molar-refractivity contribution in [2.24, 2.45) is 0 Å². The lowest BCUT2D eigenvalue weighted by molar-refractivity contribution is 2.10. The summed E-state index contributed by atoms with van der Waals surface area (Å²) in [7, 11) is 2.45. The van der Waals surface area contributed by atoms with E-state index in [-0.39, 0.29) is 0 Å². The Labute approximate surface area is 40.4 Å². The number of hydrogen-bond donors (Lipinski definition) is 0. The van der Waals surface area contributed by atoms with Gasteiger partial charge in [0.15, 0.2) is 0 Å². The zero-order chi connectivity index (χ0) is 4.24. The third-order valence-electron chi connectivity index (χ3n) is 0.437. The van der Waals surface area contributed by atoms with E-state index in [9.17, 15) is 0 Å². The lowest BCUT2D eigenvalue weighted by Crippen LogP contribution is -1.30. The minimum absolute atomic E-state index is 1.22. The molecule has 1 rings (SSSR count). The van der Waals surface area contributed by atoms with Gasteiger partial charge >= 0.3 is 0 Å². The Hall–Kier alpha value is 0.0800. The molecule has 0 saturated heterocycles. The summed E-state index contributed by atoms with van der Waals surface area (Å²) in [5.41, 5.74) is 3.09. The highest BCUT2D eigenvalue weighted by atomic mass is 31.1. The summed E-state index contributed by atoms with van der Waals surface area (Å²) < 4.78 is 0. The van der Waals surface area contributed by atoms with Crippen LogP contribution in [0.25, 0.3) is 0 Å². The van der Waals surface area contributed by atoms with Crippen molar-refractivity contribution < 1.29 is 0 Å². The predicted molar refractivity (Wildman–Crippen MR) is 30.3 cm³/mol. The zero-order valence-corrected chi connectivity index (χ0v) is 4.92. The van der Waals surface area contributed by atoms with E-state index < -0.39 is 0 Å². The van der Waals surface area contributed by atoms with Crippen LogP contribution in [0.15, 0.2) is 17.7 Å². The summed E-state index contributed by atoms with van der Waals surface area (Å²) >= 11 is 0. The van der Waals surface area contributed by atoms with Crippen LogP contribution in [-0.2, 0) is 0 Å². The van der Waals surface area contributed by atoms with Crippen molar-refractivity contribution in [2.75, 3.05) is 0 Å². The monoisotopic (exact) mass is 113 g/mol. The molecule has 1 heterocycles. The largest absolute Gasteiger partial charge is 0.0620 e. The molecule has 1 aromatic rings. The van der Waals surface area contributed by atoms with E-state index in [0.717, 1.165) is 0 Å². The van der Waals surface area contributed by atoms with Crippen molar-refractivity contribution in [1.82, 2.24) is 0 Å². The molecule has 0 unspecified atom stereocenters. The minimum atomic E-state index is 1.22. The Bertz CT molecular complexity index is 77.5. The van der Waals surface area contributed by atoms with Gasteiger partial charge < -0.3 is 0 Å². The average Bonchev–Trinajstić information content (AvgIpc) is 1.72. The maximum Gasteiger partial charge on any atom is 0.0455 e. The van der Waals surface area contributed by atoms with Gasteiger partial charge in [0.2, 0.25) is 0 Å². The van der Waals surface area contributed by atoms with Gasteiger partial charge in [0.05, 0.1) is 0 Å². The molecule has 0 aliphatic heterocycles. The molecular formula is C4H3P2. The molecule has 2 heteroatoms. The summed E-state index contributed by atoms with van der Waals surface area (Å²) in [5.74, 6) is 4.13. The molecule has 0 N–H and O–H groups in total. The maximum absolute atomic E-state index is 3.09. The second-order valence-corrected chi connectivity index (χ2v) is 2.76. The maximum atomic E-state index is 3.09. The quantitative estimate of drug-likeness (QED) is 0.485. The lowest BCUT2D eigenvalue weighted by atomic mass is 10.8. The summed E-state index contributed by atoms with van der Waals surface area (Å²) in [6, 6.07) is 2.06. The van der Waals surface area contributed by atoms with Crippen molar-refractivity contribution >= 4 is 16.4 Å². The number of hydrogen-bond acceptors (Lipinski definition) is 0. The van der Waals surface area contributed by atoms with Crippen molar-refractivity contribution in [2.45, 2.75) is 0 Å². The molecule has 0 atom stereocenters. The SMILES string of the molecule is [c]1pcccp1. The van der Waals surface area contributed by atoms with E-state index in [1.807, 2.05) is 0 Å². The number of rotatable bonds is 0. The Kier molecular flexibility index (Phi) is 1.62. The van der Waals surface area contributed by atoms with Crippen LogP contribution >= 0.6 is 16.4 Å². The molecule has 0 aliphatic carbocycles. The van der Waals surface area contributed by atoms with E-state index in [1.54, 1.807) is 0 Å². The zero-order valence-electron chi connectivity index (χ0n) is 3.13. The van der Waals surface area contributed by atoms with Gasteiger partial charge in [0.25, 0.3) is 0 Å². The van der Waals surface area contributed by atoms with Gasteiger partial charge in [-0.05, 0) is 11.6 Å². The fourth-order valence-electron chi connectivity index (χ4n) is 0.225. The fraction of sp³-hybridized carbons (Fsp3) is 0. The smallest absolute Gasteiger partial charge is 0.0455 e. The highest BCUT2D eigenvalue weighted by Gasteiger charge is 1.60. The first kappa shape index (κ1) is 4.24. The van der Waals surface area contributed by atoms with Crippen LogP contribution in [0.2, 0.25) is 0 Å². The Balaban J connectivity index is 3.00. The second-order valence-electron chi connectivity index (χ2n) is 0.849. The van der Waals surface area contributed by atoms with Gasteiger partial charge in [-0.25, -0.2) is 0 Å². The van der Waals surface area contributed by atoms with E-state index >= 15 is 0 Å². The van der Waals surface area contributed by atoms with Crippen LogP contribution < -0.4 is 0 Å². The summed E-state index contributed by atoms with van der Waals surface area (Å²) in [6.45, 7) is 0. The molecule has 0 bridgehead atoms. The lowest BCUT2D eigenvalue weighted by Gasteiger charge is -1.67. The summed E-state index contributed by atoms with van der Waals surface area (Å²) in [5, 5.41) is 0. The Morgan fingerprint density at radius 2 is 1.83 bits per heavy atom. The molecule has 0 spiro atoms. The van der Waals surface area contributed by atoms with Crippen LogP contribution in [0, 0.1) is 5.53 Å². The third-order valence-corrected chi connectivity index (χ3v) is 2.00. The first-order valence-corrected chi connectivity index (χ1v) is 3.56. The average molecular weight is 113 g/mol. The highest BCUT2D eigenvalue weighted by molar-refractivity contribution is 7.42. The van der Waals surface area contributed by atoms with Gasteiger partial charge in [-0.2, -0.15) is 0 Å². The molecule has 0 amide bonds. The van der Waals surface area contributed by atoms with Crippen molar-refractivity contribution in [3.8, 4) is 0 Å². The normalized spacial score (nSPS) is 10.7. The molecule has 1 aromatic heterocycles. The fourth-order valence-corrected chi connectivity index (χ4v) is 1.50. The van der Waals surface area contributed by atoms with E-state index in [1.165, 1.54) is 16.4 Å². The topological polar surface area (TPSA) is 0 Å². The molecule has 29 valence electrons. The van der Waals surface area contributed by atoms with Gasteiger partial charge in [-0.3, -0.25) is 0 Å². The van der Waals surface area contributed by atoms with Crippen molar-refractivity contribution in [1.29, 1.82) is 0 Å². The van der Waals surface area contributed by atoms with Crippen molar-refractivity contribution in [3.05, 3.63) is 23.2 Å². The van der Waals surface area contributed by atoms with E-state index in [2.05, 4.69) is 23.2 Å². The van der Waals surface area contributed by atoms with Crippen LogP contribution in [0.3, 0.4) is 0 Å². The molecule has 0 nitrogen and oxygen atoms in total.